The molecular weight excluding hydrogens is 296 g/mol. The number of aromatic nitrogens is 1. The SMILES string of the molecule is COc1ccc(CCNC(=O)Cn2cccc2C=O)cc1OC. The summed E-state index contributed by atoms with van der Waals surface area (Å²) in [5.74, 6) is 1.21. The molecule has 0 unspecified atom stereocenters. The summed E-state index contributed by atoms with van der Waals surface area (Å²) in [5, 5.41) is 2.84. The van der Waals surface area contributed by atoms with Crippen molar-refractivity contribution in [2.75, 3.05) is 20.8 Å². The van der Waals surface area contributed by atoms with Crippen molar-refractivity contribution in [3.05, 3.63) is 47.8 Å². The largest absolute Gasteiger partial charge is 0.493 e. The normalized spacial score (nSPS) is 10.2. The van der Waals surface area contributed by atoms with E-state index in [1.807, 2.05) is 18.2 Å². The zero-order chi connectivity index (χ0) is 16.7. The minimum atomic E-state index is -0.134. The molecule has 0 aliphatic rings. The molecule has 1 aromatic carbocycles. The average molecular weight is 316 g/mol. The average Bonchev–Trinajstić information content (AvgIpc) is 3.01. The monoisotopic (exact) mass is 316 g/mol. The molecule has 1 N–H and O–H groups in total. The van der Waals surface area contributed by atoms with Gasteiger partial charge in [-0.2, -0.15) is 0 Å². The van der Waals surface area contributed by atoms with Crippen LogP contribution in [-0.4, -0.2) is 37.5 Å². The van der Waals surface area contributed by atoms with E-state index in [-0.39, 0.29) is 12.5 Å². The highest BCUT2D eigenvalue weighted by Crippen LogP contribution is 2.27. The summed E-state index contributed by atoms with van der Waals surface area (Å²) in [4.78, 5) is 22.7. The number of nitrogens with zero attached hydrogens (tertiary/aromatic N) is 1. The third-order valence-electron chi connectivity index (χ3n) is 3.48. The third-order valence-corrected chi connectivity index (χ3v) is 3.48. The molecule has 6 nitrogen and oxygen atoms in total. The fraction of sp³-hybridized carbons (Fsp3) is 0.294. The lowest BCUT2D eigenvalue weighted by molar-refractivity contribution is -0.121. The van der Waals surface area contributed by atoms with E-state index < -0.39 is 0 Å². The molecule has 23 heavy (non-hydrogen) atoms. The molecule has 1 aromatic heterocycles. The Morgan fingerprint density at radius 2 is 2.00 bits per heavy atom. The number of hydrogen-bond donors (Lipinski definition) is 1. The van der Waals surface area contributed by atoms with Crippen LogP contribution >= 0.6 is 0 Å². The van der Waals surface area contributed by atoms with E-state index in [1.54, 1.807) is 37.1 Å². The highest BCUT2D eigenvalue weighted by Gasteiger charge is 2.07. The summed E-state index contributed by atoms with van der Waals surface area (Å²) >= 11 is 0. The van der Waals surface area contributed by atoms with Crippen LogP contribution in [0.2, 0.25) is 0 Å². The number of amides is 1. The van der Waals surface area contributed by atoms with Gasteiger partial charge in [0.15, 0.2) is 17.8 Å². The van der Waals surface area contributed by atoms with Gasteiger partial charge in [-0.05, 0) is 36.2 Å². The van der Waals surface area contributed by atoms with E-state index in [4.69, 9.17) is 9.47 Å². The van der Waals surface area contributed by atoms with E-state index in [0.717, 1.165) is 11.8 Å². The molecule has 1 heterocycles. The van der Waals surface area contributed by atoms with Gasteiger partial charge in [0, 0.05) is 12.7 Å². The van der Waals surface area contributed by atoms with Gasteiger partial charge in [0.05, 0.1) is 19.9 Å². The second kappa shape index (κ2) is 8.03. The standard InChI is InChI=1S/C17H20N2O4/c1-22-15-6-5-13(10-16(15)23-2)7-8-18-17(21)11-19-9-3-4-14(19)12-20/h3-6,9-10,12H,7-8,11H2,1-2H3,(H,18,21). The summed E-state index contributed by atoms with van der Waals surface area (Å²) in [6.45, 7) is 0.638. The number of ether oxygens (including phenoxy) is 2. The van der Waals surface area contributed by atoms with Gasteiger partial charge < -0.3 is 19.4 Å². The fourth-order valence-electron chi connectivity index (χ4n) is 2.27. The minimum Gasteiger partial charge on any atom is -0.493 e. The van der Waals surface area contributed by atoms with Gasteiger partial charge in [0.25, 0.3) is 0 Å². The van der Waals surface area contributed by atoms with Crippen LogP contribution in [0.3, 0.4) is 0 Å². The Labute approximate surface area is 135 Å². The fourth-order valence-corrected chi connectivity index (χ4v) is 2.27. The Bertz CT molecular complexity index is 679. The number of carbonyl (C=O) groups is 2. The number of hydrogen-bond acceptors (Lipinski definition) is 4. The number of rotatable bonds is 8. The van der Waals surface area contributed by atoms with E-state index in [9.17, 15) is 9.59 Å². The minimum absolute atomic E-state index is 0.132. The summed E-state index contributed by atoms with van der Waals surface area (Å²) in [5.41, 5.74) is 1.53. The van der Waals surface area contributed by atoms with Gasteiger partial charge in [-0.1, -0.05) is 6.07 Å². The number of nitrogens with one attached hydrogen (secondary N) is 1. The van der Waals surface area contributed by atoms with Crippen LogP contribution in [0, 0.1) is 0 Å². The van der Waals surface area contributed by atoms with Crippen molar-refractivity contribution in [3.8, 4) is 11.5 Å². The number of carbonyl (C=O) groups excluding carboxylic acids is 2. The lowest BCUT2D eigenvalue weighted by Gasteiger charge is -2.10. The zero-order valence-electron chi connectivity index (χ0n) is 13.2. The Morgan fingerprint density at radius 3 is 2.70 bits per heavy atom. The van der Waals surface area contributed by atoms with Crippen LogP contribution in [0.1, 0.15) is 16.1 Å². The van der Waals surface area contributed by atoms with Crippen LogP contribution in [0.5, 0.6) is 11.5 Å². The molecule has 2 aromatic rings. The summed E-state index contributed by atoms with van der Waals surface area (Å²) < 4.78 is 12.0. The Balaban J connectivity index is 1.85. The van der Waals surface area contributed by atoms with E-state index in [1.165, 1.54) is 0 Å². The van der Waals surface area contributed by atoms with Gasteiger partial charge in [0.1, 0.15) is 6.54 Å². The van der Waals surface area contributed by atoms with Gasteiger partial charge in [-0.15, -0.1) is 0 Å². The molecule has 0 bridgehead atoms. The first-order chi connectivity index (χ1) is 11.2. The second-order valence-electron chi connectivity index (χ2n) is 4.97. The van der Waals surface area contributed by atoms with E-state index in [2.05, 4.69) is 5.32 Å². The van der Waals surface area contributed by atoms with Gasteiger partial charge >= 0.3 is 0 Å². The Morgan fingerprint density at radius 1 is 1.22 bits per heavy atom. The lowest BCUT2D eigenvalue weighted by atomic mass is 10.1. The van der Waals surface area contributed by atoms with Crippen LogP contribution < -0.4 is 14.8 Å². The van der Waals surface area contributed by atoms with Crippen molar-refractivity contribution < 1.29 is 19.1 Å². The first-order valence-electron chi connectivity index (χ1n) is 7.26. The summed E-state index contributed by atoms with van der Waals surface area (Å²) in [7, 11) is 3.18. The van der Waals surface area contributed by atoms with Gasteiger partial charge in [-0.25, -0.2) is 0 Å². The van der Waals surface area contributed by atoms with Crippen LogP contribution in [0.15, 0.2) is 36.5 Å². The van der Waals surface area contributed by atoms with E-state index >= 15 is 0 Å². The third kappa shape index (κ3) is 4.35. The topological polar surface area (TPSA) is 69.6 Å². The summed E-state index contributed by atoms with van der Waals surface area (Å²) in [6, 6.07) is 9.07. The second-order valence-corrected chi connectivity index (χ2v) is 4.97. The zero-order valence-corrected chi connectivity index (χ0v) is 13.2. The number of benzene rings is 1. The van der Waals surface area contributed by atoms with E-state index in [0.29, 0.717) is 30.2 Å². The molecule has 0 saturated carbocycles. The molecule has 0 fully saturated rings. The summed E-state index contributed by atoms with van der Waals surface area (Å²) in [6.07, 6.45) is 3.12. The molecule has 122 valence electrons. The molecule has 0 aliphatic heterocycles. The molecular formula is C17H20N2O4. The molecule has 0 atom stereocenters. The molecule has 0 spiro atoms. The van der Waals surface area contributed by atoms with Crippen molar-refractivity contribution in [2.24, 2.45) is 0 Å². The predicted molar refractivity (Wildman–Crippen MR) is 86.1 cm³/mol. The van der Waals surface area contributed by atoms with Crippen LogP contribution in [0.25, 0.3) is 0 Å². The quantitative estimate of drug-likeness (QED) is 0.752. The molecule has 6 heteroatoms. The first-order valence-corrected chi connectivity index (χ1v) is 7.26. The van der Waals surface area contributed by atoms with Crippen LogP contribution in [0.4, 0.5) is 0 Å². The van der Waals surface area contributed by atoms with Crippen LogP contribution in [-0.2, 0) is 17.8 Å². The van der Waals surface area contributed by atoms with Crippen molar-refractivity contribution in [1.29, 1.82) is 0 Å². The first kappa shape index (κ1) is 16.6. The van der Waals surface area contributed by atoms with Gasteiger partial charge in [-0.3, -0.25) is 9.59 Å². The maximum atomic E-state index is 11.9. The molecule has 2 rings (SSSR count). The smallest absolute Gasteiger partial charge is 0.239 e. The van der Waals surface area contributed by atoms with Crippen molar-refractivity contribution in [3.63, 3.8) is 0 Å². The predicted octanol–water partition coefficient (Wildman–Crippen LogP) is 1.68. The Kier molecular flexibility index (Phi) is 5.80. The maximum absolute atomic E-state index is 11.9. The van der Waals surface area contributed by atoms with Crippen molar-refractivity contribution >= 4 is 12.2 Å². The van der Waals surface area contributed by atoms with Crippen molar-refractivity contribution in [2.45, 2.75) is 13.0 Å². The van der Waals surface area contributed by atoms with Gasteiger partial charge in [0.2, 0.25) is 5.91 Å². The highest BCUT2D eigenvalue weighted by atomic mass is 16.5. The molecule has 0 aliphatic carbocycles. The number of aldehydes is 1. The highest BCUT2D eigenvalue weighted by molar-refractivity contribution is 5.78. The molecule has 0 saturated heterocycles. The van der Waals surface area contributed by atoms with Crippen molar-refractivity contribution in [1.82, 2.24) is 9.88 Å². The molecule has 0 radical (unpaired) electrons. The Hall–Kier alpha value is -2.76. The molecule has 1 amide bonds. The lowest BCUT2D eigenvalue weighted by Crippen LogP contribution is -2.29. The number of methoxy groups -OCH3 is 2. The maximum Gasteiger partial charge on any atom is 0.239 e.